The van der Waals surface area contributed by atoms with Crippen LogP contribution in [0, 0.1) is 0 Å². The molecule has 0 amide bonds. The summed E-state index contributed by atoms with van der Waals surface area (Å²) < 4.78 is 130. The van der Waals surface area contributed by atoms with Gasteiger partial charge in [0.1, 0.15) is 66.3 Å². The molecule has 0 aliphatic heterocycles. The zero-order valence-corrected chi connectivity index (χ0v) is 71.1. The lowest BCUT2D eigenvalue weighted by Gasteiger charge is -2.17. The summed E-state index contributed by atoms with van der Waals surface area (Å²) in [6.07, 6.45) is -3.22. The number of phosphoric ester groups is 2. The Morgan fingerprint density at radius 1 is 0.297 bits per heavy atom. The molecule has 0 spiro atoms. The minimum atomic E-state index is -4.05. The van der Waals surface area contributed by atoms with Crippen LogP contribution in [-0.4, -0.2) is 238 Å². The van der Waals surface area contributed by atoms with Crippen molar-refractivity contribution in [3.05, 3.63) is 212 Å². The fourth-order valence-corrected chi connectivity index (χ4v) is 11.4. The lowest BCUT2D eigenvalue weighted by Crippen LogP contribution is -2.14. The number of aliphatic hydroxyl groups is 3. The first-order valence-corrected chi connectivity index (χ1v) is 41.9. The number of halogens is 4. The Kier molecular flexibility index (Phi) is 82.0. The van der Waals surface area contributed by atoms with Gasteiger partial charge in [-0.05, 0) is 195 Å². The van der Waals surface area contributed by atoms with E-state index < -0.39 is 86.8 Å². The molecule has 0 aliphatic rings. The normalized spacial score (nSPS) is 10.8. The molecule has 0 saturated heterocycles. The number of methoxy groups -OCH3 is 2. The molecule has 6 aromatic carbocycles. The monoisotopic (exact) mass is 1960 g/mol. The number of Topliss-reactive ketones (excluding diaryl/α,β-unsaturated/α-hetero) is 2. The smallest absolute Gasteiger partial charge is 0.460 e. The predicted molar refractivity (Wildman–Crippen MR) is 487 cm³/mol. The highest BCUT2D eigenvalue weighted by atomic mass is 35.9. The molecule has 0 aliphatic carbocycles. The summed E-state index contributed by atoms with van der Waals surface area (Å²) in [5.41, 5.74) is 3.28. The molecule has 0 heterocycles. The number of rotatable bonds is 47. The summed E-state index contributed by atoms with van der Waals surface area (Å²) in [6, 6.07) is 34.3. The Morgan fingerprint density at radius 3 is 0.664 bits per heavy atom. The molecule has 6 rings (SSSR count). The van der Waals surface area contributed by atoms with Crippen LogP contribution in [0.3, 0.4) is 0 Å². The molecule has 0 bridgehead atoms. The topological polar surface area (TPSA) is 483 Å². The Morgan fingerprint density at radius 2 is 0.492 bits per heavy atom. The molecule has 0 radical (unpaired) electrons. The van der Waals surface area contributed by atoms with Gasteiger partial charge in [0.05, 0.1) is 117 Å². The largest absolute Gasteiger partial charge is 0.475 e. The third-order valence-corrected chi connectivity index (χ3v) is 18.2. The first-order chi connectivity index (χ1) is 57.3. The van der Waals surface area contributed by atoms with Crippen molar-refractivity contribution in [1.82, 2.24) is 0 Å². The van der Waals surface area contributed by atoms with Gasteiger partial charge in [-0.15, -0.1) is 0 Å². The van der Waals surface area contributed by atoms with Crippen LogP contribution in [0.2, 0.25) is 0 Å². The van der Waals surface area contributed by atoms with E-state index in [9.17, 15) is 71.2 Å². The van der Waals surface area contributed by atoms with E-state index in [4.69, 9.17) is 137 Å². The van der Waals surface area contributed by atoms with Crippen molar-refractivity contribution < 1.29 is 172 Å². The van der Waals surface area contributed by atoms with Crippen molar-refractivity contribution >= 4 is 137 Å². The summed E-state index contributed by atoms with van der Waals surface area (Å²) >= 11 is 20.2. The van der Waals surface area contributed by atoms with E-state index in [2.05, 4.69) is 9.26 Å². The minimum absolute atomic E-state index is 0. The summed E-state index contributed by atoms with van der Waals surface area (Å²) in [6.45, 7) is 3.49. The van der Waals surface area contributed by atoms with Gasteiger partial charge in [0.15, 0.2) is 11.6 Å². The molecular weight excluding hydrogens is 1830 g/mol. The lowest BCUT2D eigenvalue weighted by molar-refractivity contribution is 0.00349. The number of hydrogen-bond donors (Lipinski definition) is 3. The number of phosphoric acid groups is 2. The average molecular weight is 1960 g/mol. The second-order valence-electron chi connectivity index (χ2n) is 21.9. The molecule has 2 unspecified atom stereocenters. The first kappa shape index (κ1) is 135. The molecule has 3 N–H and O–H groups in total. The third-order valence-electron chi connectivity index (χ3n) is 13.5. The first-order valence-electron chi connectivity index (χ1n) is 35.8. The Labute approximate surface area is 772 Å². The van der Waals surface area contributed by atoms with Crippen LogP contribution in [0.1, 0.15) is 228 Å². The van der Waals surface area contributed by atoms with Crippen molar-refractivity contribution in [2.45, 2.75) is 102 Å². The van der Waals surface area contributed by atoms with Gasteiger partial charge in [-0.2, -0.15) is 0 Å². The number of hydrogen-bond acceptors (Lipinski definition) is 36. The number of ether oxygens (including phenoxy) is 11. The molecule has 726 valence electrons. The van der Waals surface area contributed by atoms with Crippen molar-refractivity contribution in [3.8, 4) is 0 Å². The number of aliphatic hydroxyl groups excluding tert-OH is 3. The highest BCUT2D eigenvalue weighted by molar-refractivity contribution is 8.05. The van der Waals surface area contributed by atoms with Crippen molar-refractivity contribution in [1.29, 1.82) is 0 Å². The van der Waals surface area contributed by atoms with E-state index in [0.29, 0.717) is 27.8 Å². The fourth-order valence-electron chi connectivity index (χ4n) is 8.02. The number of carbonyl (C=O) groups is 12. The summed E-state index contributed by atoms with van der Waals surface area (Å²) in [5, 5.41) is 24.5. The Bertz CT molecular complexity index is 4210. The summed E-state index contributed by atoms with van der Waals surface area (Å²) in [5.74, 6) is -5.50. The van der Waals surface area contributed by atoms with Crippen LogP contribution in [0.15, 0.2) is 146 Å². The van der Waals surface area contributed by atoms with E-state index in [1.807, 2.05) is 0 Å². The van der Waals surface area contributed by atoms with Crippen LogP contribution in [-0.2, 0) is 97.5 Å². The standard InChI is InChI=1S/C27H33O14P.C26H31O12P.C12H14O6.C8H4Cl2O2.C2H5Cl2O2P.10CH4/c1-3-39-42(33,40-18-16-37-26(31)22-6-4-20(5-7-22)24(29)35-13-12-28)41-19-17-38-27(32)23-10-8-21(9-11-23)25(30)36-15-14-34-2;1-4-36-39(31,37-17-15-34-25(29)21-7-5-20(6-8-21)19(2)27)38-18-16-35-26(30)23-11-9-22(10-12-23)24(28)33-14-13-32-3;13-5-6-18-12(16)10-3-1-9(2-4-10)11(15)7-17-8-14;9-7(11)5-1-2-6(4-3-5)8(10)12;1-2-6-7(3,4)5;;;;;;;;;;/h4-11,28H,3,12-19H2,1-2H3;5-12H,4,13-18H2,1-3H3;1-4,13-14H,5-8H2;1-4H;2H2,1H3;10*1H4/i;;;;;1T;;;;;;;;;. The summed E-state index contributed by atoms with van der Waals surface area (Å²) in [7, 11) is -3.84. The van der Waals surface area contributed by atoms with Gasteiger partial charge < -0.3 is 71.9 Å². The molecule has 6 aromatic rings. The quantitative estimate of drug-likeness (QED) is 0.00607. The van der Waals surface area contributed by atoms with Crippen LogP contribution < -0.4 is 0 Å². The highest BCUT2D eigenvalue weighted by Crippen LogP contribution is 2.57. The van der Waals surface area contributed by atoms with Crippen molar-refractivity contribution in [2.24, 2.45) is 0 Å². The molecular formula is C85H127Cl4O36P3. The van der Waals surface area contributed by atoms with Crippen molar-refractivity contribution in [2.75, 3.05) is 153 Å². The Balaban J connectivity index is -0.000000216. The third kappa shape index (κ3) is 57.9. The van der Waals surface area contributed by atoms with Crippen molar-refractivity contribution in [3.63, 3.8) is 0 Å². The maximum absolute atomic E-state index is 12.8. The van der Waals surface area contributed by atoms with Gasteiger partial charge in [0.25, 0.3) is 10.5 Å². The van der Waals surface area contributed by atoms with Gasteiger partial charge in [0, 0.05) is 37.8 Å². The van der Waals surface area contributed by atoms with Gasteiger partial charge in [-0.25, -0.2) is 47.5 Å². The number of ketones is 2. The van der Waals surface area contributed by atoms with Crippen LogP contribution in [0.4, 0.5) is 0 Å². The van der Waals surface area contributed by atoms with Gasteiger partial charge >= 0.3 is 69.5 Å². The maximum Gasteiger partial charge on any atom is 0.475 e. The predicted octanol–water partition coefficient (Wildman–Crippen LogP) is 18.1. The van der Waals surface area contributed by atoms with E-state index in [-0.39, 0.29) is 249 Å². The maximum atomic E-state index is 12.8. The van der Waals surface area contributed by atoms with E-state index >= 15 is 0 Å². The van der Waals surface area contributed by atoms with Crippen LogP contribution in [0.25, 0.3) is 0 Å². The fraction of sp³-hybridized carbons (Fsp3) is 0.435. The van der Waals surface area contributed by atoms with Gasteiger partial charge in [-0.3, -0.25) is 50.9 Å². The average Bonchev–Trinajstić information content (AvgIpc) is 0.873. The highest BCUT2D eigenvalue weighted by Gasteiger charge is 2.29. The molecule has 0 saturated carbocycles. The second kappa shape index (κ2) is 78.0. The van der Waals surface area contributed by atoms with E-state index in [0.717, 1.165) is 0 Å². The zero-order valence-electron chi connectivity index (χ0n) is 66.4. The minimum Gasteiger partial charge on any atom is -0.460 e. The van der Waals surface area contributed by atoms with Gasteiger partial charge in [0.2, 0.25) is 0 Å². The second-order valence-corrected chi connectivity index (χ2v) is 30.2. The molecule has 36 nitrogen and oxygen atoms in total. The van der Waals surface area contributed by atoms with Crippen LogP contribution in [0.5, 0.6) is 0 Å². The Hall–Kier alpha value is -8.91. The van der Waals surface area contributed by atoms with E-state index in [1.54, 1.807) is 20.8 Å². The van der Waals surface area contributed by atoms with Gasteiger partial charge in [-0.1, -0.05) is 98.5 Å². The molecule has 2 atom stereocenters. The number of benzene rings is 6. The molecule has 43 heteroatoms. The summed E-state index contributed by atoms with van der Waals surface area (Å²) in [4.78, 5) is 140. The number of carbonyl (C=O) groups excluding carboxylic acids is 12. The van der Waals surface area contributed by atoms with Crippen LogP contribution >= 0.6 is 67.4 Å². The zero-order chi connectivity index (χ0) is 89.9. The number of esters is 8. The molecule has 128 heavy (non-hydrogen) atoms. The molecule has 0 fully saturated rings. The lowest BCUT2D eigenvalue weighted by atomic mass is 10.1. The van der Waals surface area contributed by atoms with E-state index in [1.165, 1.54) is 174 Å². The molecule has 0 aromatic heterocycles. The SMILES string of the molecule is C.C.C.C.C.C.C.C.C.CCOP(=O)(Cl)Cl.CCOP(=O)(OCCOC(=O)c1ccc(C(=O)OCCO)cc1)OCCOC(=O)c1ccc(C(=O)OCCOC)cc1.CCOP(=O)(OCCOC(=O)c1ccc(C(C)=O)cc1)OCCOC(=O)c1ccc(C(=O)OCCOC)cc1.O=C(COCO)c1ccc(C(=O)OCCO)cc1.O=C(Cl)c1ccc(C(=O)Cl)cc1.[3H]C.